The van der Waals surface area contributed by atoms with Crippen LogP contribution in [0.25, 0.3) is 6.08 Å². The Morgan fingerprint density at radius 3 is 2.11 bits per heavy atom. The van der Waals surface area contributed by atoms with E-state index in [2.05, 4.69) is 0 Å². The van der Waals surface area contributed by atoms with Crippen molar-refractivity contribution in [3.05, 3.63) is 59.7 Å². The van der Waals surface area contributed by atoms with Gasteiger partial charge < -0.3 is 15.3 Å². The van der Waals surface area contributed by atoms with Crippen LogP contribution in [0.15, 0.2) is 48.5 Å². The Labute approximate surface area is 105 Å². The monoisotopic (exact) mass is 242 g/mol. The van der Waals surface area contributed by atoms with E-state index in [0.717, 1.165) is 11.1 Å². The van der Waals surface area contributed by atoms with Gasteiger partial charge in [-0.3, -0.25) is 0 Å². The number of phenols is 3. The average Bonchev–Trinajstić information content (AvgIpc) is 2.37. The molecule has 0 bridgehead atoms. The fourth-order valence-electron chi connectivity index (χ4n) is 1.67. The largest absolute Gasteiger partial charge is 0.504 e. The van der Waals surface area contributed by atoms with Gasteiger partial charge in [-0.2, -0.15) is 0 Å². The van der Waals surface area contributed by atoms with Crippen molar-refractivity contribution in [2.75, 3.05) is 0 Å². The summed E-state index contributed by atoms with van der Waals surface area (Å²) >= 11 is 0. The predicted octanol–water partition coefficient (Wildman–Crippen LogP) is 3.06. The maximum absolute atomic E-state index is 9.36. The quantitative estimate of drug-likeness (QED) is 0.725. The van der Waals surface area contributed by atoms with Gasteiger partial charge in [0.25, 0.3) is 0 Å². The van der Waals surface area contributed by atoms with Crippen LogP contribution in [0.2, 0.25) is 0 Å². The summed E-state index contributed by atoms with van der Waals surface area (Å²) in [6, 6.07) is 12.7. The Bertz CT molecular complexity index is 536. The zero-order valence-corrected chi connectivity index (χ0v) is 9.74. The second-order valence-corrected chi connectivity index (χ2v) is 4.00. The second-order valence-electron chi connectivity index (χ2n) is 4.00. The molecule has 0 aliphatic rings. The van der Waals surface area contributed by atoms with E-state index in [-0.39, 0.29) is 11.5 Å². The zero-order chi connectivity index (χ0) is 13.0. The number of rotatable bonds is 3. The summed E-state index contributed by atoms with van der Waals surface area (Å²) in [4.78, 5) is 0. The van der Waals surface area contributed by atoms with Crippen LogP contribution in [0.5, 0.6) is 17.2 Å². The van der Waals surface area contributed by atoms with E-state index in [1.807, 2.05) is 42.5 Å². The van der Waals surface area contributed by atoms with Gasteiger partial charge >= 0.3 is 0 Å². The minimum absolute atomic E-state index is 0.307. The van der Waals surface area contributed by atoms with Gasteiger partial charge in [0, 0.05) is 0 Å². The first-order valence-electron chi connectivity index (χ1n) is 5.62. The van der Waals surface area contributed by atoms with Crippen LogP contribution < -0.4 is 0 Å². The maximum atomic E-state index is 9.36. The number of phenolic OH excluding ortho intramolecular Hbond substituents is 3. The molecule has 0 saturated carbocycles. The summed E-state index contributed by atoms with van der Waals surface area (Å²) in [5.74, 6) is -1.10. The molecule has 3 nitrogen and oxygen atoms in total. The third-order valence-electron chi connectivity index (χ3n) is 2.59. The lowest BCUT2D eigenvalue weighted by Gasteiger charge is -2.03. The molecule has 2 aromatic rings. The van der Waals surface area contributed by atoms with Crippen LogP contribution in [0, 0.1) is 0 Å². The van der Waals surface area contributed by atoms with Gasteiger partial charge in [0.15, 0.2) is 17.2 Å². The van der Waals surface area contributed by atoms with E-state index in [9.17, 15) is 15.3 Å². The Morgan fingerprint density at radius 2 is 1.50 bits per heavy atom. The summed E-state index contributed by atoms with van der Waals surface area (Å²) in [5, 5.41) is 27.9. The molecule has 0 aliphatic carbocycles. The third kappa shape index (κ3) is 2.83. The Balaban J connectivity index is 2.09. The number of benzene rings is 2. The predicted molar refractivity (Wildman–Crippen MR) is 70.6 cm³/mol. The summed E-state index contributed by atoms with van der Waals surface area (Å²) in [6.07, 6.45) is 4.46. The Hall–Kier alpha value is -2.42. The van der Waals surface area contributed by atoms with Crippen molar-refractivity contribution >= 4 is 6.08 Å². The van der Waals surface area contributed by atoms with Gasteiger partial charge in [-0.25, -0.2) is 0 Å². The molecule has 0 unspecified atom stereocenters. The molecule has 0 radical (unpaired) electrons. The number of hydrogen-bond donors (Lipinski definition) is 3. The third-order valence-corrected chi connectivity index (χ3v) is 2.59. The van der Waals surface area contributed by atoms with E-state index >= 15 is 0 Å². The van der Waals surface area contributed by atoms with E-state index in [4.69, 9.17) is 0 Å². The normalized spacial score (nSPS) is 10.9. The molecular weight excluding hydrogens is 228 g/mol. The molecule has 0 spiro atoms. The molecule has 18 heavy (non-hydrogen) atoms. The molecule has 0 atom stereocenters. The molecular formula is C15H14O3. The van der Waals surface area contributed by atoms with Crippen molar-refractivity contribution in [2.45, 2.75) is 6.42 Å². The molecule has 0 amide bonds. The van der Waals surface area contributed by atoms with Crippen LogP contribution >= 0.6 is 0 Å². The van der Waals surface area contributed by atoms with Crippen molar-refractivity contribution in [1.82, 2.24) is 0 Å². The minimum Gasteiger partial charge on any atom is -0.504 e. The standard InChI is InChI=1S/C15H14O3/c16-13-9-12(10-14(17)15(13)18)8-4-7-11-5-2-1-3-6-11/h1-7,9-10,16-18H,8H2. The number of allylic oxidation sites excluding steroid dienone is 1. The van der Waals surface area contributed by atoms with Gasteiger partial charge in [-0.1, -0.05) is 42.5 Å². The van der Waals surface area contributed by atoms with E-state index in [1.165, 1.54) is 12.1 Å². The molecule has 0 aromatic heterocycles. The highest BCUT2D eigenvalue weighted by molar-refractivity contribution is 5.53. The molecule has 3 N–H and O–H groups in total. The summed E-state index contributed by atoms with van der Waals surface area (Å²) in [5.41, 5.74) is 1.82. The summed E-state index contributed by atoms with van der Waals surface area (Å²) < 4.78 is 0. The lowest BCUT2D eigenvalue weighted by molar-refractivity contribution is 0.367. The second kappa shape index (κ2) is 5.27. The molecule has 0 fully saturated rings. The Kier molecular flexibility index (Phi) is 3.53. The molecule has 0 aliphatic heterocycles. The van der Waals surface area contributed by atoms with Gasteiger partial charge in [-0.05, 0) is 29.7 Å². The topological polar surface area (TPSA) is 60.7 Å². The molecule has 92 valence electrons. The zero-order valence-electron chi connectivity index (χ0n) is 9.74. The highest BCUT2D eigenvalue weighted by Gasteiger charge is 2.06. The van der Waals surface area contributed by atoms with E-state index in [0.29, 0.717) is 6.42 Å². The van der Waals surface area contributed by atoms with Crippen molar-refractivity contribution in [3.63, 3.8) is 0 Å². The smallest absolute Gasteiger partial charge is 0.200 e. The van der Waals surface area contributed by atoms with Crippen molar-refractivity contribution in [3.8, 4) is 17.2 Å². The summed E-state index contributed by atoms with van der Waals surface area (Å²) in [7, 11) is 0. The fourth-order valence-corrected chi connectivity index (χ4v) is 1.67. The first-order chi connectivity index (χ1) is 8.66. The molecule has 0 saturated heterocycles. The fraction of sp³-hybridized carbons (Fsp3) is 0.0667. The van der Waals surface area contributed by atoms with Gasteiger partial charge in [-0.15, -0.1) is 0 Å². The van der Waals surface area contributed by atoms with Crippen LogP contribution in [0.1, 0.15) is 11.1 Å². The van der Waals surface area contributed by atoms with Crippen LogP contribution in [-0.2, 0) is 6.42 Å². The van der Waals surface area contributed by atoms with Crippen molar-refractivity contribution in [1.29, 1.82) is 0 Å². The lowest BCUT2D eigenvalue weighted by Crippen LogP contribution is -1.82. The molecule has 3 heteroatoms. The van der Waals surface area contributed by atoms with Gasteiger partial charge in [0.2, 0.25) is 0 Å². The first-order valence-corrected chi connectivity index (χ1v) is 5.62. The lowest BCUT2D eigenvalue weighted by atomic mass is 10.1. The SMILES string of the molecule is Oc1cc(CC=Cc2ccccc2)cc(O)c1O. The number of aromatic hydroxyl groups is 3. The molecule has 2 rings (SSSR count). The van der Waals surface area contributed by atoms with E-state index in [1.54, 1.807) is 0 Å². The van der Waals surface area contributed by atoms with Crippen molar-refractivity contribution in [2.24, 2.45) is 0 Å². The summed E-state index contributed by atoms with van der Waals surface area (Å²) in [6.45, 7) is 0. The van der Waals surface area contributed by atoms with Crippen LogP contribution in [0.4, 0.5) is 0 Å². The van der Waals surface area contributed by atoms with Crippen LogP contribution in [-0.4, -0.2) is 15.3 Å². The first kappa shape index (κ1) is 12.0. The van der Waals surface area contributed by atoms with Gasteiger partial charge in [0.05, 0.1) is 0 Å². The average molecular weight is 242 g/mol. The highest BCUT2D eigenvalue weighted by atomic mass is 16.3. The molecule has 2 aromatic carbocycles. The van der Waals surface area contributed by atoms with Crippen LogP contribution in [0.3, 0.4) is 0 Å². The van der Waals surface area contributed by atoms with Crippen molar-refractivity contribution < 1.29 is 15.3 Å². The Morgan fingerprint density at radius 1 is 0.889 bits per heavy atom. The molecule has 0 heterocycles. The minimum atomic E-state index is -0.481. The van der Waals surface area contributed by atoms with E-state index < -0.39 is 5.75 Å². The number of hydrogen-bond acceptors (Lipinski definition) is 3. The highest BCUT2D eigenvalue weighted by Crippen LogP contribution is 2.35. The maximum Gasteiger partial charge on any atom is 0.200 e. The van der Waals surface area contributed by atoms with Gasteiger partial charge in [0.1, 0.15) is 0 Å².